The van der Waals surface area contributed by atoms with Gasteiger partial charge in [-0.15, -0.1) is 0 Å². The first-order valence-electron chi connectivity index (χ1n) is 8.12. The Morgan fingerprint density at radius 3 is 3.00 bits per heavy atom. The van der Waals surface area contributed by atoms with E-state index in [1.54, 1.807) is 11.9 Å². The van der Waals surface area contributed by atoms with Gasteiger partial charge in [-0.25, -0.2) is 0 Å². The molecule has 1 aromatic heterocycles. The Morgan fingerprint density at radius 2 is 2.17 bits per heavy atom. The SMILES string of the molecule is CNC(=O)c1n[nH]c2c1CCN(c1ccc3c(c1)CNCC3)C2=O. The van der Waals surface area contributed by atoms with E-state index in [2.05, 4.69) is 33.0 Å². The topological polar surface area (TPSA) is 90.1 Å². The van der Waals surface area contributed by atoms with Crippen molar-refractivity contribution in [3.63, 3.8) is 0 Å². The molecule has 3 N–H and O–H groups in total. The summed E-state index contributed by atoms with van der Waals surface area (Å²) in [5, 5.41) is 12.7. The molecule has 0 unspecified atom stereocenters. The van der Waals surface area contributed by atoms with Crippen molar-refractivity contribution >= 4 is 17.5 Å². The number of carbonyl (C=O) groups excluding carboxylic acids is 2. The molecule has 4 rings (SSSR count). The summed E-state index contributed by atoms with van der Waals surface area (Å²) in [5.41, 5.74) is 4.91. The van der Waals surface area contributed by atoms with Crippen LogP contribution in [-0.2, 0) is 19.4 Å². The van der Waals surface area contributed by atoms with E-state index < -0.39 is 0 Å². The van der Waals surface area contributed by atoms with Crippen molar-refractivity contribution in [3.05, 3.63) is 46.3 Å². The molecule has 124 valence electrons. The maximum atomic E-state index is 12.8. The van der Waals surface area contributed by atoms with E-state index in [1.165, 1.54) is 11.1 Å². The minimum Gasteiger partial charge on any atom is -0.354 e. The molecule has 0 atom stereocenters. The Hall–Kier alpha value is -2.67. The number of anilines is 1. The molecule has 0 bridgehead atoms. The minimum absolute atomic E-state index is 0.136. The van der Waals surface area contributed by atoms with Crippen molar-refractivity contribution in [2.24, 2.45) is 0 Å². The number of nitrogens with zero attached hydrogens (tertiary/aromatic N) is 2. The van der Waals surface area contributed by atoms with Gasteiger partial charge >= 0.3 is 0 Å². The molecule has 24 heavy (non-hydrogen) atoms. The molecule has 0 saturated carbocycles. The fourth-order valence-corrected chi connectivity index (χ4v) is 3.43. The molecule has 2 aliphatic rings. The van der Waals surface area contributed by atoms with Crippen LogP contribution in [0, 0.1) is 0 Å². The second-order valence-corrected chi connectivity index (χ2v) is 6.09. The molecule has 7 nitrogen and oxygen atoms in total. The van der Waals surface area contributed by atoms with Gasteiger partial charge in [-0.05, 0) is 42.6 Å². The van der Waals surface area contributed by atoms with Crippen LogP contribution in [0.25, 0.3) is 0 Å². The predicted octanol–water partition coefficient (Wildman–Crippen LogP) is 0.618. The summed E-state index contributed by atoms with van der Waals surface area (Å²) >= 11 is 0. The Bertz CT molecular complexity index is 826. The van der Waals surface area contributed by atoms with Crippen molar-refractivity contribution in [1.29, 1.82) is 0 Å². The van der Waals surface area contributed by atoms with Gasteiger partial charge in [-0.1, -0.05) is 6.07 Å². The van der Waals surface area contributed by atoms with Gasteiger partial charge in [-0.3, -0.25) is 14.7 Å². The van der Waals surface area contributed by atoms with E-state index in [0.717, 1.165) is 25.2 Å². The number of aromatic nitrogens is 2. The number of benzene rings is 1. The summed E-state index contributed by atoms with van der Waals surface area (Å²) in [4.78, 5) is 26.4. The van der Waals surface area contributed by atoms with Crippen LogP contribution in [0.15, 0.2) is 18.2 Å². The summed E-state index contributed by atoms with van der Waals surface area (Å²) in [6, 6.07) is 6.20. The van der Waals surface area contributed by atoms with Crippen molar-refractivity contribution < 1.29 is 9.59 Å². The zero-order valence-corrected chi connectivity index (χ0v) is 13.5. The molecule has 2 amide bonds. The zero-order chi connectivity index (χ0) is 16.7. The maximum absolute atomic E-state index is 12.8. The van der Waals surface area contributed by atoms with Gasteiger partial charge in [0, 0.05) is 31.4 Å². The van der Waals surface area contributed by atoms with E-state index in [4.69, 9.17) is 0 Å². The third-order valence-electron chi connectivity index (χ3n) is 4.74. The molecule has 2 aromatic rings. The van der Waals surface area contributed by atoms with Gasteiger partial charge in [-0.2, -0.15) is 5.10 Å². The maximum Gasteiger partial charge on any atom is 0.276 e. The molecule has 2 aliphatic heterocycles. The summed E-state index contributed by atoms with van der Waals surface area (Å²) in [6.07, 6.45) is 1.62. The third-order valence-corrected chi connectivity index (χ3v) is 4.74. The van der Waals surface area contributed by atoms with Crippen molar-refractivity contribution in [2.45, 2.75) is 19.4 Å². The number of rotatable bonds is 2. The molecule has 0 fully saturated rings. The Balaban J connectivity index is 1.66. The van der Waals surface area contributed by atoms with Gasteiger partial charge in [0.2, 0.25) is 0 Å². The number of H-pyrrole nitrogens is 1. The molecule has 1 aromatic carbocycles. The van der Waals surface area contributed by atoms with Crippen LogP contribution >= 0.6 is 0 Å². The van der Waals surface area contributed by atoms with Gasteiger partial charge in [0.25, 0.3) is 11.8 Å². The molecule has 0 saturated heterocycles. The number of hydrogen-bond acceptors (Lipinski definition) is 4. The second-order valence-electron chi connectivity index (χ2n) is 6.09. The molecular weight excluding hydrogens is 306 g/mol. The van der Waals surface area contributed by atoms with E-state index in [9.17, 15) is 9.59 Å². The number of hydrogen-bond donors (Lipinski definition) is 3. The highest BCUT2D eigenvalue weighted by Gasteiger charge is 2.31. The average Bonchev–Trinajstić information content (AvgIpc) is 3.06. The average molecular weight is 325 g/mol. The lowest BCUT2D eigenvalue weighted by atomic mass is 9.98. The number of fused-ring (bicyclic) bond motifs is 2. The summed E-state index contributed by atoms with van der Waals surface area (Å²) in [7, 11) is 1.56. The molecule has 0 spiro atoms. The normalized spacial score (nSPS) is 16.5. The van der Waals surface area contributed by atoms with Crippen LogP contribution in [0.1, 0.15) is 37.7 Å². The predicted molar refractivity (Wildman–Crippen MR) is 89.2 cm³/mol. The van der Waals surface area contributed by atoms with Crippen molar-refractivity contribution in [1.82, 2.24) is 20.8 Å². The summed E-state index contributed by atoms with van der Waals surface area (Å²) < 4.78 is 0. The second kappa shape index (κ2) is 5.76. The number of aromatic amines is 1. The highest BCUT2D eigenvalue weighted by Crippen LogP contribution is 2.27. The van der Waals surface area contributed by atoms with E-state index in [0.29, 0.717) is 29.9 Å². The number of nitrogens with one attached hydrogen (secondary N) is 3. The molecular formula is C17H19N5O2. The van der Waals surface area contributed by atoms with Gasteiger partial charge in [0.1, 0.15) is 5.69 Å². The summed E-state index contributed by atoms with van der Waals surface area (Å²) in [6.45, 7) is 2.37. The molecule has 0 aliphatic carbocycles. The molecule has 3 heterocycles. The quantitative estimate of drug-likeness (QED) is 0.755. The fraction of sp³-hybridized carbons (Fsp3) is 0.353. The lowest BCUT2D eigenvalue weighted by Gasteiger charge is -2.28. The zero-order valence-electron chi connectivity index (χ0n) is 13.5. The number of carbonyl (C=O) groups is 2. The standard InChI is InChI=1S/C17H19N5O2/c1-18-16(23)14-13-5-7-22(17(24)15(13)21-20-14)12-3-2-10-4-6-19-9-11(10)8-12/h2-3,8,19H,4-7,9H2,1H3,(H,18,23)(H,20,21). The first-order valence-corrected chi connectivity index (χ1v) is 8.12. The minimum atomic E-state index is -0.270. The largest absolute Gasteiger partial charge is 0.354 e. The Labute approximate surface area is 139 Å². The Morgan fingerprint density at radius 1 is 1.29 bits per heavy atom. The highest BCUT2D eigenvalue weighted by atomic mass is 16.2. The van der Waals surface area contributed by atoms with E-state index >= 15 is 0 Å². The molecule has 7 heteroatoms. The van der Waals surface area contributed by atoms with Gasteiger partial charge < -0.3 is 15.5 Å². The van der Waals surface area contributed by atoms with Crippen molar-refractivity contribution in [2.75, 3.05) is 25.0 Å². The van der Waals surface area contributed by atoms with Gasteiger partial charge in [0.15, 0.2) is 5.69 Å². The first kappa shape index (κ1) is 14.9. The van der Waals surface area contributed by atoms with Crippen LogP contribution in [0.3, 0.4) is 0 Å². The third kappa shape index (κ3) is 2.28. The molecule has 0 radical (unpaired) electrons. The van der Waals surface area contributed by atoms with Crippen molar-refractivity contribution in [3.8, 4) is 0 Å². The lowest BCUT2D eigenvalue weighted by molar-refractivity contribution is 0.0957. The monoisotopic (exact) mass is 325 g/mol. The van der Waals surface area contributed by atoms with E-state index in [1.807, 2.05) is 6.07 Å². The summed E-state index contributed by atoms with van der Waals surface area (Å²) in [5.74, 6) is -0.406. The smallest absolute Gasteiger partial charge is 0.276 e. The first-order chi connectivity index (χ1) is 11.7. The fourth-order valence-electron chi connectivity index (χ4n) is 3.43. The van der Waals surface area contributed by atoms with Gasteiger partial charge in [0.05, 0.1) is 0 Å². The van der Waals surface area contributed by atoms with Crippen LogP contribution in [0.4, 0.5) is 5.69 Å². The van der Waals surface area contributed by atoms with Crippen LogP contribution in [-0.4, -0.2) is 42.1 Å². The number of amides is 2. The van der Waals surface area contributed by atoms with E-state index in [-0.39, 0.29) is 11.8 Å². The van der Waals surface area contributed by atoms with Crippen LogP contribution < -0.4 is 15.5 Å². The highest BCUT2D eigenvalue weighted by molar-refractivity contribution is 6.09. The van der Waals surface area contributed by atoms with Crippen LogP contribution in [0.2, 0.25) is 0 Å². The lowest BCUT2D eigenvalue weighted by Crippen LogP contribution is -2.38. The van der Waals surface area contributed by atoms with Crippen LogP contribution in [0.5, 0.6) is 0 Å². The Kier molecular flexibility index (Phi) is 3.57.